The number of carbonyl (C=O) groups excluding carboxylic acids is 1. The van der Waals surface area contributed by atoms with Gasteiger partial charge in [-0.1, -0.05) is 13.8 Å². The highest BCUT2D eigenvalue weighted by Crippen LogP contribution is 2.14. The summed E-state index contributed by atoms with van der Waals surface area (Å²) < 4.78 is 5.54. The van der Waals surface area contributed by atoms with Gasteiger partial charge in [-0.3, -0.25) is 4.79 Å². The maximum atomic E-state index is 12.0. The largest absolute Gasteiger partial charge is 0.376 e. The second-order valence-electron chi connectivity index (χ2n) is 4.78. The van der Waals surface area contributed by atoms with Crippen molar-refractivity contribution >= 4 is 18.3 Å². The van der Waals surface area contributed by atoms with E-state index in [4.69, 9.17) is 10.5 Å². The van der Waals surface area contributed by atoms with Crippen molar-refractivity contribution in [1.29, 1.82) is 0 Å². The fourth-order valence-corrected chi connectivity index (χ4v) is 1.91. The second-order valence-corrected chi connectivity index (χ2v) is 4.78. The summed E-state index contributed by atoms with van der Waals surface area (Å²) in [7, 11) is 0. The van der Waals surface area contributed by atoms with Gasteiger partial charge >= 0.3 is 0 Å². The molecule has 0 aromatic heterocycles. The highest BCUT2D eigenvalue weighted by molar-refractivity contribution is 5.85. The summed E-state index contributed by atoms with van der Waals surface area (Å²) in [4.78, 5) is 13.9. The van der Waals surface area contributed by atoms with Crippen molar-refractivity contribution in [2.45, 2.75) is 45.8 Å². The number of nitrogens with zero attached hydrogens (tertiary/aromatic N) is 1. The second kappa shape index (κ2) is 7.90. The summed E-state index contributed by atoms with van der Waals surface area (Å²) in [6, 6.07) is -0.388. The van der Waals surface area contributed by atoms with Crippen LogP contribution in [0.4, 0.5) is 0 Å². The number of hydrogen-bond acceptors (Lipinski definition) is 3. The van der Waals surface area contributed by atoms with Gasteiger partial charge in [0.25, 0.3) is 0 Å². The molecule has 0 aliphatic carbocycles. The van der Waals surface area contributed by atoms with Crippen LogP contribution in [0.5, 0.6) is 0 Å². The zero-order valence-electron chi connectivity index (χ0n) is 11.0. The Morgan fingerprint density at radius 1 is 1.53 bits per heavy atom. The van der Waals surface area contributed by atoms with Crippen molar-refractivity contribution in [2.24, 2.45) is 11.7 Å². The lowest BCUT2D eigenvalue weighted by Crippen LogP contribution is -2.48. The zero-order chi connectivity index (χ0) is 12.1. The fraction of sp³-hybridized carbons (Fsp3) is 0.917. The molecule has 102 valence electrons. The molecule has 1 rings (SSSR count). The molecule has 1 heterocycles. The van der Waals surface area contributed by atoms with Crippen LogP contribution in [-0.4, -0.2) is 42.6 Å². The topological polar surface area (TPSA) is 55.6 Å². The average molecular weight is 265 g/mol. The monoisotopic (exact) mass is 264 g/mol. The number of likely N-dealkylation sites (N-methyl/N-ethyl adjacent to an activating group) is 1. The predicted octanol–water partition coefficient (Wildman–Crippen LogP) is 1.42. The molecule has 4 nitrogen and oxygen atoms in total. The Bertz CT molecular complexity index is 231. The molecular formula is C12H25ClN2O2. The molecule has 0 bridgehead atoms. The van der Waals surface area contributed by atoms with Crippen LogP contribution in [0.3, 0.4) is 0 Å². The SMILES string of the molecule is CCN(CC1CCCO1)C(=O)C(N)C(C)C.Cl. The van der Waals surface area contributed by atoms with Crippen LogP contribution in [0.25, 0.3) is 0 Å². The van der Waals surface area contributed by atoms with Gasteiger partial charge in [-0.15, -0.1) is 12.4 Å². The summed E-state index contributed by atoms with van der Waals surface area (Å²) in [5.74, 6) is 0.235. The van der Waals surface area contributed by atoms with Gasteiger partial charge in [0, 0.05) is 19.7 Å². The molecule has 1 saturated heterocycles. The normalized spacial score (nSPS) is 21.1. The standard InChI is InChI=1S/C12H24N2O2.ClH/c1-4-14(8-10-6-5-7-16-10)12(15)11(13)9(2)3;/h9-11H,4-8,13H2,1-3H3;1H. The van der Waals surface area contributed by atoms with E-state index in [1.165, 1.54) is 0 Å². The van der Waals surface area contributed by atoms with E-state index in [0.717, 1.165) is 19.4 Å². The predicted molar refractivity (Wildman–Crippen MR) is 71.3 cm³/mol. The van der Waals surface area contributed by atoms with Gasteiger partial charge in [-0.25, -0.2) is 0 Å². The van der Waals surface area contributed by atoms with Gasteiger partial charge in [0.15, 0.2) is 0 Å². The van der Waals surface area contributed by atoms with Crippen LogP contribution in [0.2, 0.25) is 0 Å². The third kappa shape index (κ3) is 4.82. The molecule has 17 heavy (non-hydrogen) atoms. The van der Waals surface area contributed by atoms with Gasteiger partial charge in [0.05, 0.1) is 12.1 Å². The lowest BCUT2D eigenvalue weighted by Gasteiger charge is -2.28. The van der Waals surface area contributed by atoms with Crippen LogP contribution >= 0.6 is 12.4 Å². The third-order valence-electron chi connectivity index (χ3n) is 3.14. The summed E-state index contributed by atoms with van der Waals surface area (Å²) in [6.45, 7) is 8.16. The number of rotatable bonds is 5. The Morgan fingerprint density at radius 3 is 2.59 bits per heavy atom. The minimum atomic E-state index is -0.388. The molecule has 0 aromatic rings. The van der Waals surface area contributed by atoms with Gasteiger partial charge in [-0.2, -0.15) is 0 Å². The van der Waals surface area contributed by atoms with Gasteiger partial charge in [0.1, 0.15) is 0 Å². The van der Waals surface area contributed by atoms with E-state index in [0.29, 0.717) is 13.1 Å². The van der Waals surface area contributed by atoms with Crippen LogP contribution in [0, 0.1) is 5.92 Å². The zero-order valence-corrected chi connectivity index (χ0v) is 11.8. The van der Waals surface area contributed by atoms with Crippen LogP contribution in [0.1, 0.15) is 33.6 Å². The lowest BCUT2D eigenvalue weighted by molar-refractivity contribution is -0.134. The molecule has 0 aromatic carbocycles. The molecule has 1 amide bonds. The molecule has 0 spiro atoms. The fourth-order valence-electron chi connectivity index (χ4n) is 1.91. The first-order valence-electron chi connectivity index (χ1n) is 6.22. The van der Waals surface area contributed by atoms with E-state index in [2.05, 4.69) is 0 Å². The summed E-state index contributed by atoms with van der Waals surface area (Å²) in [6.07, 6.45) is 2.37. The summed E-state index contributed by atoms with van der Waals surface area (Å²) in [5, 5.41) is 0. The highest BCUT2D eigenvalue weighted by atomic mass is 35.5. The Hall–Kier alpha value is -0.320. The molecule has 2 atom stereocenters. The van der Waals surface area contributed by atoms with Gasteiger partial charge in [-0.05, 0) is 25.7 Å². The molecular weight excluding hydrogens is 240 g/mol. The first-order chi connectivity index (χ1) is 7.56. The molecule has 2 unspecified atom stereocenters. The number of halogens is 1. The van der Waals surface area contributed by atoms with Crippen LogP contribution < -0.4 is 5.73 Å². The average Bonchev–Trinajstić information content (AvgIpc) is 2.76. The quantitative estimate of drug-likeness (QED) is 0.817. The Balaban J connectivity index is 0.00000256. The van der Waals surface area contributed by atoms with Crippen molar-refractivity contribution in [1.82, 2.24) is 4.90 Å². The number of nitrogens with two attached hydrogens (primary N) is 1. The number of carbonyl (C=O) groups is 1. The van der Waals surface area contributed by atoms with Crippen molar-refractivity contribution in [3.05, 3.63) is 0 Å². The molecule has 1 fully saturated rings. The van der Waals surface area contributed by atoms with E-state index >= 15 is 0 Å². The number of ether oxygens (including phenoxy) is 1. The number of amides is 1. The third-order valence-corrected chi connectivity index (χ3v) is 3.14. The van der Waals surface area contributed by atoms with Crippen molar-refractivity contribution in [3.8, 4) is 0 Å². The molecule has 1 aliphatic heterocycles. The molecule has 0 saturated carbocycles. The maximum Gasteiger partial charge on any atom is 0.239 e. The molecule has 5 heteroatoms. The van der Waals surface area contributed by atoms with Crippen LogP contribution in [-0.2, 0) is 9.53 Å². The number of hydrogen-bond donors (Lipinski definition) is 1. The summed E-state index contributed by atoms with van der Waals surface area (Å²) in [5.41, 5.74) is 5.88. The molecule has 0 radical (unpaired) electrons. The van der Waals surface area contributed by atoms with Crippen molar-refractivity contribution < 1.29 is 9.53 Å². The molecule has 2 N–H and O–H groups in total. The lowest BCUT2D eigenvalue weighted by atomic mass is 10.0. The van der Waals surface area contributed by atoms with Gasteiger partial charge in [0.2, 0.25) is 5.91 Å². The highest BCUT2D eigenvalue weighted by Gasteiger charge is 2.26. The van der Waals surface area contributed by atoms with Crippen LogP contribution in [0.15, 0.2) is 0 Å². The smallest absolute Gasteiger partial charge is 0.239 e. The van der Waals surface area contributed by atoms with Crippen molar-refractivity contribution in [3.63, 3.8) is 0 Å². The van der Waals surface area contributed by atoms with E-state index in [9.17, 15) is 4.79 Å². The Morgan fingerprint density at radius 2 is 2.18 bits per heavy atom. The van der Waals surface area contributed by atoms with E-state index < -0.39 is 0 Å². The Kier molecular flexibility index (Phi) is 7.75. The summed E-state index contributed by atoms with van der Waals surface area (Å²) >= 11 is 0. The first kappa shape index (κ1) is 16.7. The minimum Gasteiger partial charge on any atom is -0.376 e. The first-order valence-corrected chi connectivity index (χ1v) is 6.22. The molecule has 1 aliphatic rings. The van der Waals surface area contributed by atoms with E-state index in [1.807, 2.05) is 25.7 Å². The maximum absolute atomic E-state index is 12.0. The minimum absolute atomic E-state index is 0. The Labute approximate surface area is 110 Å². The van der Waals surface area contributed by atoms with E-state index in [-0.39, 0.29) is 36.4 Å². The van der Waals surface area contributed by atoms with E-state index in [1.54, 1.807) is 0 Å². The van der Waals surface area contributed by atoms with Crippen molar-refractivity contribution in [2.75, 3.05) is 19.7 Å². The van der Waals surface area contributed by atoms with Gasteiger partial charge < -0.3 is 15.4 Å².